The van der Waals surface area contributed by atoms with Crippen molar-refractivity contribution in [1.29, 1.82) is 0 Å². The molecule has 78 valence electrons. The predicted molar refractivity (Wildman–Crippen MR) is 59.2 cm³/mol. The quantitative estimate of drug-likeness (QED) is 0.831. The molecule has 0 radical (unpaired) electrons. The molecule has 0 bridgehead atoms. The number of aryl methyl sites for hydroxylation is 1. The Morgan fingerprint density at radius 2 is 2.13 bits per heavy atom. The van der Waals surface area contributed by atoms with E-state index in [9.17, 15) is 0 Å². The summed E-state index contributed by atoms with van der Waals surface area (Å²) in [5, 5.41) is 0. The van der Waals surface area contributed by atoms with Gasteiger partial charge in [0.1, 0.15) is 6.26 Å². The van der Waals surface area contributed by atoms with Gasteiger partial charge in [-0.1, -0.05) is 25.1 Å². The van der Waals surface area contributed by atoms with Gasteiger partial charge in [-0.15, -0.1) is 0 Å². The maximum absolute atomic E-state index is 5.66. The molecule has 0 aliphatic heterocycles. The third-order valence-corrected chi connectivity index (χ3v) is 2.38. The van der Waals surface area contributed by atoms with Gasteiger partial charge in [-0.2, -0.15) is 0 Å². The SMILES string of the molecule is CCc1coc(-c2ccccc2CN)n1. The minimum absolute atomic E-state index is 0.500. The average molecular weight is 202 g/mol. The standard InChI is InChI=1S/C12H14N2O/c1-2-10-8-15-12(14-10)11-6-4-3-5-9(11)7-13/h3-6,8H,2,7,13H2,1H3. The molecular weight excluding hydrogens is 188 g/mol. The largest absolute Gasteiger partial charge is 0.444 e. The molecule has 0 aliphatic carbocycles. The summed E-state index contributed by atoms with van der Waals surface area (Å²) in [7, 11) is 0. The van der Waals surface area contributed by atoms with Crippen molar-refractivity contribution in [1.82, 2.24) is 4.98 Å². The molecule has 0 spiro atoms. The maximum Gasteiger partial charge on any atom is 0.226 e. The van der Waals surface area contributed by atoms with Gasteiger partial charge in [0, 0.05) is 12.1 Å². The van der Waals surface area contributed by atoms with Gasteiger partial charge in [-0.05, 0) is 18.1 Å². The summed E-state index contributed by atoms with van der Waals surface area (Å²) in [5.74, 6) is 0.660. The lowest BCUT2D eigenvalue weighted by atomic mass is 10.1. The highest BCUT2D eigenvalue weighted by atomic mass is 16.3. The highest BCUT2D eigenvalue weighted by Crippen LogP contribution is 2.22. The average Bonchev–Trinajstić information content (AvgIpc) is 2.77. The first-order valence-corrected chi connectivity index (χ1v) is 5.08. The van der Waals surface area contributed by atoms with Gasteiger partial charge < -0.3 is 10.2 Å². The number of nitrogens with two attached hydrogens (primary N) is 1. The number of nitrogens with zero attached hydrogens (tertiary/aromatic N) is 1. The molecule has 0 amide bonds. The molecule has 15 heavy (non-hydrogen) atoms. The lowest BCUT2D eigenvalue weighted by molar-refractivity contribution is 0.572. The smallest absolute Gasteiger partial charge is 0.226 e. The number of hydrogen-bond donors (Lipinski definition) is 1. The number of aromatic nitrogens is 1. The monoisotopic (exact) mass is 202 g/mol. The van der Waals surface area contributed by atoms with Gasteiger partial charge in [-0.25, -0.2) is 4.98 Å². The van der Waals surface area contributed by atoms with Crippen LogP contribution in [0.4, 0.5) is 0 Å². The van der Waals surface area contributed by atoms with Crippen LogP contribution in [0.5, 0.6) is 0 Å². The molecule has 0 aliphatic rings. The molecular formula is C12H14N2O. The first-order chi connectivity index (χ1) is 7.35. The second-order valence-electron chi connectivity index (χ2n) is 3.36. The van der Waals surface area contributed by atoms with Crippen LogP contribution in [0.3, 0.4) is 0 Å². The van der Waals surface area contributed by atoms with Crippen LogP contribution in [0.15, 0.2) is 34.9 Å². The van der Waals surface area contributed by atoms with Crippen molar-refractivity contribution in [2.24, 2.45) is 5.73 Å². The van der Waals surface area contributed by atoms with Crippen molar-refractivity contribution in [3.63, 3.8) is 0 Å². The van der Waals surface area contributed by atoms with E-state index >= 15 is 0 Å². The predicted octanol–water partition coefficient (Wildman–Crippen LogP) is 2.36. The van der Waals surface area contributed by atoms with Crippen molar-refractivity contribution in [3.8, 4) is 11.5 Å². The number of hydrogen-bond acceptors (Lipinski definition) is 3. The second-order valence-corrected chi connectivity index (χ2v) is 3.36. The third kappa shape index (κ3) is 1.92. The zero-order valence-corrected chi connectivity index (χ0v) is 8.73. The van der Waals surface area contributed by atoms with E-state index in [2.05, 4.69) is 11.9 Å². The molecule has 3 nitrogen and oxygen atoms in total. The van der Waals surface area contributed by atoms with E-state index in [-0.39, 0.29) is 0 Å². The molecule has 1 heterocycles. The highest BCUT2D eigenvalue weighted by Gasteiger charge is 2.08. The Morgan fingerprint density at radius 1 is 1.33 bits per heavy atom. The normalized spacial score (nSPS) is 10.5. The topological polar surface area (TPSA) is 52.0 Å². The van der Waals surface area contributed by atoms with Gasteiger partial charge in [0.05, 0.1) is 5.69 Å². The Balaban J connectivity index is 2.44. The van der Waals surface area contributed by atoms with E-state index in [4.69, 9.17) is 10.2 Å². The lowest BCUT2D eigenvalue weighted by Crippen LogP contribution is -1.98. The van der Waals surface area contributed by atoms with Crippen molar-refractivity contribution >= 4 is 0 Å². The Bertz CT molecular complexity index is 448. The van der Waals surface area contributed by atoms with Crippen LogP contribution in [0.1, 0.15) is 18.2 Å². The third-order valence-electron chi connectivity index (χ3n) is 2.38. The summed E-state index contributed by atoms with van der Waals surface area (Å²) < 4.78 is 5.42. The van der Waals surface area contributed by atoms with Gasteiger partial charge in [-0.3, -0.25) is 0 Å². The zero-order valence-electron chi connectivity index (χ0n) is 8.73. The summed E-state index contributed by atoms with van der Waals surface area (Å²) >= 11 is 0. The minimum atomic E-state index is 0.500. The van der Waals surface area contributed by atoms with Gasteiger partial charge >= 0.3 is 0 Å². The van der Waals surface area contributed by atoms with E-state index < -0.39 is 0 Å². The van der Waals surface area contributed by atoms with E-state index in [0.29, 0.717) is 12.4 Å². The van der Waals surface area contributed by atoms with Crippen molar-refractivity contribution in [3.05, 3.63) is 41.8 Å². The molecule has 0 saturated heterocycles. The molecule has 0 atom stereocenters. The van der Waals surface area contributed by atoms with Crippen LogP contribution >= 0.6 is 0 Å². The number of rotatable bonds is 3. The number of oxazole rings is 1. The van der Waals surface area contributed by atoms with Crippen LogP contribution in [-0.2, 0) is 13.0 Å². The van der Waals surface area contributed by atoms with Gasteiger partial charge in [0.15, 0.2) is 0 Å². The molecule has 1 aromatic carbocycles. The molecule has 1 aromatic heterocycles. The van der Waals surface area contributed by atoms with E-state index in [1.165, 1.54) is 0 Å². The molecule has 3 heteroatoms. The summed E-state index contributed by atoms with van der Waals surface area (Å²) in [6.07, 6.45) is 2.58. The summed E-state index contributed by atoms with van der Waals surface area (Å²) in [4.78, 5) is 4.39. The Morgan fingerprint density at radius 3 is 2.80 bits per heavy atom. The van der Waals surface area contributed by atoms with Crippen LogP contribution in [0.25, 0.3) is 11.5 Å². The van der Waals surface area contributed by atoms with Gasteiger partial charge in [0.25, 0.3) is 0 Å². The van der Waals surface area contributed by atoms with E-state index in [0.717, 1.165) is 23.2 Å². The van der Waals surface area contributed by atoms with E-state index in [1.54, 1.807) is 6.26 Å². The summed E-state index contributed by atoms with van der Waals surface area (Å²) in [6.45, 7) is 2.55. The Hall–Kier alpha value is -1.61. The van der Waals surface area contributed by atoms with Crippen LogP contribution in [0.2, 0.25) is 0 Å². The van der Waals surface area contributed by atoms with Crippen LogP contribution in [-0.4, -0.2) is 4.98 Å². The van der Waals surface area contributed by atoms with Crippen LogP contribution < -0.4 is 5.73 Å². The first-order valence-electron chi connectivity index (χ1n) is 5.08. The molecule has 0 unspecified atom stereocenters. The lowest BCUT2D eigenvalue weighted by Gasteiger charge is -2.02. The molecule has 2 N–H and O–H groups in total. The van der Waals surface area contributed by atoms with Crippen molar-refractivity contribution < 1.29 is 4.42 Å². The highest BCUT2D eigenvalue weighted by molar-refractivity contribution is 5.58. The number of benzene rings is 1. The van der Waals surface area contributed by atoms with Gasteiger partial charge in [0.2, 0.25) is 5.89 Å². The fourth-order valence-electron chi connectivity index (χ4n) is 1.50. The minimum Gasteiger partial charge on any atom is -0.444 e. The first kappa shape index (κ1) is 9.93. The second kappa shape index (κ2) is 4.28. The maximum atomic E-state index is 5.66. The summed E-state index contributed by atoms with van der Waals surface area (Å²) in [6, 6.07) is 7.90. The van der Waals surface area contributed by atoms with E-state index in [1.807, 2.05) is 24.3 Å². The Labute approximate surface area is 88.9 Å². The molecule has 2 aromatic rings. The molecule has 0 saturated carbocycles. The summed E-state index contributed by atoms with van der Waals surface area (Å²) in [5.41, 5.74) is 8.67. The van der Waals surface area contributed by atoms with Crippen molar-refractivity contribution in [2.75, 3.05) is 0 Å². The Kier molecular flexibility index (Phi) is 2.83. The molecule has 0 fully saturated rings. The van der Waals surface area contributed by atoms with Crippen LogP contribution in [0, 0.1) is 0 Å². The zero-order chi connectivity index (χ0) is 10.7. The fraction of sp³-hybridized carbons (Fsp3) is 0.250. The fourth-order valence-corrected chi connectivity index (χ4v) is 1.50. The van der Waals surface area contributed by atoms with Crippen molar-refractivity contribution in [2.45, 2.75) is 19.9 Å². The molecule has 2 rings (SSSR count).